The Bertz CT molecular complexity index is 361. The highest BCUT2D eigenvalue weighted by Crippen LogP contribution is 2.70. The van der Waals surface area contributed by atoms with Gasteiger partial charge in [0.05, 0.1) is 5.60 Å². The van der Waals surface area contributed by atoms with Crippen LogP contribution in [0, 0.1) is 11.8 Å². The number of hydrogen-bond acceptors (Lipinski definition) is 2. The summed E-state index contributed by atoms with van der Waals surface area (Å²) in [6, 6.07) is 0.398. The Morgan fingerprint density at radius 3 is 2.83 bits per heavy atom. The van der Waals surface area contributed by atoms with E-state index in [4.69, 9.17) is 4.74 Å². The van der Waals surface area contributed by atoms with Gasteiger partial charge in [0.1, 0.15) is 5.60 Å². The Kier molecular flexibility index (Phi) is 2.72. The van der Waals surface area contributed by atoms with Gasteiger partial charge in [-0.15, -0.1) is 0 Å². The minimum atomic E-state index is 0. The summed E-state index contributed by atoms with van der Waals surface area (Å²) in [4.78, 5) is 10.8. The van der Waals surface area contributed by atoms with E-state index in [2.05, 4.69) is 5.32 Å². The molecular weight excluding hydrogens is 230 g/mol. The van der Waals surface area contributed by atoms with Gasteiger partial charge in [-0.3, -0.25) is 4.79 Å². The summed E-state index contributed by atoms with van der Waals surface area (Å²) >= 11 is 0. The lowest BCUT2D eigenvalue weighted by Gasteiger charge is -2.48. The van der Waals surface area contributed by atoms with Crippen molar-refractivity contribution in [1.82, 2.24) is 5.32 Å². The Morgan fingerprint density at radius 2 is 2.00 bits per heavy atom. The van der Waals surface area contributed by atoms with Crippen LogP contribution >= 0.6 is 0 Å². The fourth-order valence-corrected chi connectivity index (χ4v) is 5.37. The van der Waals surface area contributed by atoms with Crippen molar-refractivity contribution in [3.8, 4) is 0 Å². The summed E-state index contributed by atoms with van der Waals surface area (Å²) in [5.74, 6) is 1.27. The Hall–Kier alpha value is -0.610. The van der Waals surface area contributed by atoms with E-state index < -0.39 is 0 Å². The topological polar surface area (TPSA) is 73.1 Å². The molecule has 1 unspecified atom stereocenters. The molecule has 18 heavy (non-hydrogen) atoms. The molecule has 2 bridgehead atoms. The van der Waals surface area contributed by atoms with Crippen LogP contribution in [0.25, 0.3) is 0 Å². The monoisotopic (exact) mass is 253 g/mol. The third kappa shape index (κ3) is 1.31. The zero-order valence-electron chi connectivity index (χ0n) is 10.8. The SMILES string of the molecule is O.O=CN[C@@H]1C2CCC[C@@H]1[C@]13CCCC[C@@]1(C2)O3. The second-order valence-electron chi connectivity index (χ2n) is 6.50. The third-order valence-electron chi connectivity index (χ3n) is 5.97. The van der Waals surface area contributed by atoms with Crippen molar-refractivity contribution >= 4 is 6.41 Å². The Labute approximate surface area is 108 Å². The lowest BCUT2D eigenvalue weighted by molar-refractivity contribution is -0.111. The van der Waals surface area contributed by atoms with Gasteiger partial charge >= 0.3 is 0 Å². The van der Waals surface area contributed by atoms with Crippen molar-refractivity contribution in [2.24, 2.45) is 11.8 Å². The largest absolute Gasteiger partial charge is 0.412 e. The van der Waals surface area contributed by atoms with Gasteiger partial charge in [-0.2, -0.15) is 0 Å². The first-order valence-corrected chi connectivity index (χ1v) is 7.21. The summed E-state index contributed by atoms with van der Waals surface area (Å²) < 4.78 is 6.35. The molecule has 0 aromatic rings. The molecule has 3 saturated carbocycles. The predicted octanol–water partition coefficient (Wildman–Crippen LogP) is 1.18. The molecule has 4 aliphatic rings. The number of ether oxygens (including phenoxy) is 1. The minimum absolute atomic E-state index is 0. The molecule has 4 fully saturated rings. The Morgan fingerprint density at radius 1 is 1.17 bits per heavy atom. The van der Waals surface area contributed by atoms with E-state index >= 15 is 0 Å². The van der Waals surface area contributed by atoms with E-state index in [0.717, 1.165) is 6.41 Å². The lowest BCUT2D eigenvalue weighted by atomic mass is 9.56. The number of rotatable bonds is 2. The first kappa shape index (κ1) is 12.4. The quantitative estimate of drug-likeness (QED) is 0.593. The third-order valence-corrected chi connectivity index (χ3v) is 5.97. The van der Waals surface area contributed by atoms with Crippen LogP contribution in [0.3, 0.4) is 0 Å². The van der Waals surface area contributed by atoms with Crippen molar-refractivity contribution in [1.29, 1.82) is 0 Å². The van der Waals surface area contributed by atoms with Crippen LogP contribution in [0.15, 0.2) is 0 Å². The molecule has 1 aliphatic heterocycles. The van der Waals surface area contributed by atoms with Crippen LogP contribution in [0.1, 0.15) is 51.4 Å². The van der Waals surface area contributed by atoms with Crippen molar-refractivity contribution in [3.63, 3.8) is 0 Å². The van der Waals surface area contributed by atoms with Gasteiger partial charge in [0, 0.05) is 12.0 Å². The van der Waals surface area contributed by atoms with Crippen molar-refractivity contribution in [2.45, 2.75) is 68.6 Å². The maximum absolute atomic E-state index is 10.8. The number of hydrogen-bond donors (Lipinski definition) is 1. The molecule has 0 aromatic carbocycles. The molecule has 102 valence electrons. The van der Waals surface area contributed by atoms with Crippen LogP contribution in [-0.4, -0.2) is 29.1 Å². The average molecular weight is 253 g/mol. The summed E-state index contributed by atoms with van der Waals surface area (Å²) in [6.45, 7) is 0. The number of fused-ring (bicyclic) bond motifs is 2. The Balaban J connectivity index is 0.000001000. The molecule has 3 N–H and O–H groups in total. The highest BCUT2D eigenvalue weighted by atomic mass is 16.6. The van der Waals surface area contributed by atoms with E-state index in [9.17, 15) is 4.79 Å². The first-order valence-electron chi connectivity index (χ1n) is 7.21. The van der Waals surface area contributed by atoms with Crippen LogP contribution in [0.4, 0.5) is 0 Å². The smallest absolute Gasteiger partial charge is 0.207 e. The van der Waals surface area contributed by atoms with Gasteiger partial charge in [0.25, 0.3) is 0 Å². The number of carbonyl (C=O) groups is 1. The molecular formula is C14H23NO3. The van der Waals surface area contributed by atoms with Crippen LogP contribution < -0.4 is 5.32 Å². The lowest BCUT2D eigenvalue weighted by Crippen LogP contribution is -2.57. The van der Waals surface area contributed by atoms with E-state index in [0.29, 0.717) is 17.9 Å². The molecule has 1 amide bonds. The van der Waals surface area contributed by atoms with Gasteiger partial charge in [-0.1, -0.05) is 19.3 Å². The summed E-state index contributed by atoms with van der Waals surface area (Å²) in [5, 5.41) is 3.11. The summed E-state index contributed by atoms with van der Waals surface area (Å²) in [5.41, 5.74) is 0.408. The standard InChI is InChI=1S/C14H21NO2.H2O/c16-9-15-12-10-4-3-5-11(12)14-7-2-1-6-13(14,8-10)17-14;/h9-12H,1-8H2,(H,15,16);1H2/t10?,11-,12+,13-,14+;/m0./s1. The second kappa shape index (κ2) is 3.94. The van der Waals surface area contributed by atoms with Crippen molar-refractivity contribution < 1.29 is 15.0 Å². The number of nitrogens with one attached hydrogen (secondary N) is 1. The first-order chi connectivity index (χ1) is 8.31. The van der Waals surface area contributed by atoms with Crippen molar-refractivity contribution in [2.75, 3.05) is 0 Å². The number of carbonyl (C=O) groups excluding carboxylic acids is 1. The van der Waals surface area contributed by atoms with E-state index in [1.807, 2.05) is 0 Å². The zero-order chi connectivity index (χ0) is 11.5. The van der Waals surface area contributed by atoms with Crippen LogP contribution in [0.5, 0.6) is 0 Å². The summed E-state index contributed by atoms with van der Waals surface area (Å²) in [6.07, 6.45) is 11.1. The van der Waals surface area contributed by atoms with E-state index in [1.54, 1.807) is 0 Å². The van der Waals surface area contributed by atoms with Gasteiger partial charge < -0.3 is 15.5 Å². The molecule has 0 aromatic heterocycles. The molecule has 4 rings (SSSR count). The molecule has 0 spiro atoms. The second-order valence-corrected chi connectivity index (χ2v) is 6.50. The predicted molar refractivity (Wildman–Crippen MR) is 67.1 cm³/mol. The number of epoxide rings is 1. The number of amides is 1. The highest BCUT2D eigenvalue weighted by molar-refractivity contribution is 5.48. The average Bonchev–Trinajstić information content (AvgIpc) is 3.00. The minimum Gasteiger partial charge on any atom is -0.412 e. The van der Waals surface area contributed by atoms with Crippen LogP contribution in [0.2, 0.25) is 0 Å². The molecule has 0 radical (unpaired) electrons. The summed E-state index contributed by atoms with van der Waals surface area (Å²) in [7, 11) is 0. The van der Waals surface area contributed by atoms with Gasteiger partial charge in [-0.05, 0) is 38.0 Å². The molecule has 3 aliphatic carbocycles. The van der Waals surface area contributed by atoms with Crippen LogP contribution in [-0.2, 0) is 9.53 Å². The molecule has 4 heteroatoms. The molecule has 4 nitrogen and oxygen atoms in total. The normalized spacial score (nSPS) is 52.3. The molecule has 1 heterocycles. The zero-order valence-corrected chi connectivity index (χ0v) is 10.8. The maximum Gasteiger partial charge on any atom is 0.207 e. The van der Waals surface area contributed by atoms with E-state index in [1.165, 1.54) is 51.4 Å². The van der Waals surface area contributed by atoms with E-state index in [-0.39, 0.29) is 16.7 Å². The highest BCUT2D eigenvalue weighted by Gasteiger charge is 2.77. The van der Waals surface area contributed by atoms with Gasteiger partial charge in [0.15, 0.2) is 0 Å². The van der Waals surface area contributed by atoms with Gasteiger partial charge in [0.2, 0.25) is 6.41 Å². The van der Waals surface area contributed by atoms with Crippen molar-refractivity contribution in [3.05, 3.63) is 0 Å². The molecule has 5 atom stereocenters. The maximum atomic E-state index is 10.8. The van der Waals surface area contributed by atoms with Gasteiger partial charge in [-0.25, -0.2) is 0 Å². The fraction of sp³-hybridized carbons (Fsp3) is 0.929. The molecule has 1 saturated heterocycles. The fourth-order valence-electron chi connectivity index (χ4n) is 5.37.